The van der Waals surface area contributed by atoms with Crippen LogP contribution in [0.5, 0.6) is 0 Å². The Morgan fingerprint density at radius 3 is 2.80 bits per heavy atom. The molecule has 0 radical (unpaired) electrons. The largest absolute Gasteiger partial charge is 0.478 e. The first-order valence-electron chi connectivity index (χ1n) is 10.1. The Morgan fingerprint density at radius 1 is 1.37 bits per heavy atom. The number of nitrogens with zero attached hydrogens (tertiary/aromatic N) is 2. The molecule has 0 aliphatic heterocycles. The summed E-state index contributed by atoms with van der Waals surface area (Å²) in [6, 6.07) is 3.85. The van der Waals surface area contributed by atoms with Gasteiger partial charge in [0.25, 0.3) is 0 Å². The molecule has 2 aromatic heterocycles. The molecule has 0 saturated heterocycles. The van der Waals surface area contributed by atoms with Crippen molar-refractivity contribution in [2.75, 3.05) is 0 Å². The highest BCUT2D eigenvalue weighted by atomic mass is 32.1. The second kappa shape index (κ2) is 10.2. The summed E-state index contributed by atoms with van der Waals surface area (Å²) in [5.41, 5.74) is 1.41. The number of aromatic nitrogens is 2. The molecular formula is C23H26N2O4S. The lowest BCUT2D eigenvalue weighted by molar-refractivity contribution is -0.133. The van der Waals surface area contributed by atoms with Crippen LogP contribution < -0.4 is 0 Å². The van der Waals surface area contributed by atoms with E-state index in [1.165, 1.54) is 0 Å². The average Bonchev–Trinajstić information content (AvgIpc) is 3.37. The standard InChI is InChI=1S/C23H26N2O4S/c1-2-3-6-21-24-14-19(12-18(23(28)29)13-20-5-4-11-30-20)25(21)15-16-7-9-17(10-8-16)22(26)27/h4-5,7,9-12,14,16H,2-3,6,8,13,15H2,1H3,(H,26,27)(H,28,29)/b18-12+. The quantitative estimate of drug-likeness (QED) is 0.542. The highest BCUT2D eigenvalue weighted by Gasteiger charge is 2.18. The first kappa shape index (κ1) is 21.8. The Morgan fingerprint density at radius 2 is 2.20 bits per heavy atom. The van der Waals surface area contributed by atoms with Crippen molar-refractivity contribution in [1.29, 1.82) is 0 Å². The van der Waals surface area contributed by atoms with Crippen LogP contribution in [0.4, 0.5) is 0 Å². The SMILES string of the molecule is CCCCc1ncc(/C=C(\Cc2cccs2)C(=O)O)n1CC1C=CC(C(=O)O)=CC1. The number of hydrogen-bond donors (Lipinski definition) is 2. The van der Waals surface area contributed by atoms with E-state index >= 15 is 0 Å². The van der Waals surface area contributed by atoms with Gasteiger partial charge >= 0.3 is 11.9 Å². The van der Waals surface area contributed by atoms with E-state index in [0.29, 0.717) is 30.5 Å². The van der Waals surface area contributed by atoms with Gasteiger partial charge in [0, 0.05) is 29.8 Å². The summed E-state index contributed by atoms with van der Waals surface area (Å²) in [5, 5.41) is 20.8. The average molecular weight is 427 g/mol. The third kappa shape index (κ3) is 5.57. The Hall–Kier alpha value is -2.93. The summed E-state index contributed by atoms with van der Waals surface area (Å²) in [6.07, 6.45) is 12.6. The van der Waals surface area contributed by atoms with Crippen molar-refractivity contribution in [3.63, 3.8) is 0 Å². The molecule has 2 N–H and O–H groups in total. The van der Waals surface area contributed by atoms with Gasteiger partial charge in [0.2, 0.25) is 0 Å². The molecule has 6 nitrogen and oxygen atoms in total. The van der Waals surface area contributed by atoms with Crippen molar-refractivity contribution in [3.8, 4) is 0 Å². The molecule has 2 aromatic rings. The van der Waals surface area contributed by atoms with Gasteiger partial charge in [-0.05, 0) is 36.3 Å². The molecule has 7 heteroatoms. The first-order chi connectivity index (χ1) is 14.5. The van der Waals surface area contributed by atoms with Gasteiger partial charge in [-0.1, -0.05) is 37.6 Å². The van der Waals surface area contributed by atoms with E-state index in [9.17, 15) is 14.7 Å². The van der Waals surface area contributed by atoms with E-state index in [-0.39, 0.29) is 5.92 Å². The fourth-order valence-electron chi connectivity index (χ4n) is 3.45. The number of rotatable bonds is 10. The molecule has 1 aliphatic rings. The van der Waals surface area contributed by atoms with Gasteiger partial charge in [0.1, 0.15) is 5.82 Å². The molecule has 0 spiro atoms. The fraction of sp³-hybridized carbons (Fsp3) is 0.348. The number of allylic oxidation sites excluding steroid dienone is 2. The summed E-state index contributed by atoms with van der Waals surface area (Å²) in [7, 11) is 0. The van der Waals surface area contributed by atoms with Gasteiger partial charge in [0.15, 0.2) is 0 Å². The highest BCUT2D eigenvalue weighted by molar-refractivity contribution is 7.09. The summed E-state index contributed by atoms with van der Waals surface area (Å²) < 4.78 is 2.08. The van der Waals surface area contributed by atoms with Crippen molar-refractivity contribution in [1.82, 2.24) is 9.55 Å². The van der Waals surface area contributed by atoms with Crippen LogP contribution in [0.15, 0.2) is 53.1 Å². The third-order valence-corrected chi connectivity index (χ3v) is 5.99. The number of aryl methyl sites for hydroxylation is 1. The molecule has 30 heavy (non-hydrogen) atoms. The van der Waals surface area contributed by atoms with E-state index in [4.69, 9.17) is 5.11 Å². The number of hydrogen-bond acceptors (Lipinski definition) is 4. The fourth-order valence-corrected chi connectivity index (χ4v) is 4.18. The number of thiophene rings is 1. The minimum atomic E-state index is -0.933. The van der Waals surface area contributed by atoms with Gasteiger partial charge in [-0.2, -0.15) is 0 Å². The number of unbranched alkanes of at least 4 members (excludes halogenated alkanes) is 1. The zero-order valence-electron chi connectivity index (χ0n) is 17.0. The molecular weight excluding hydrogens is 400 g/mol. The van der Waals surface area contributed by atoms with Gasteiger partial charge in [-0.3, -0.25) is 0 Å². The van der Waals surface area contributed by atoms with Crippen LogP contribution in [0.25, 0.3) is 6.08 Å². The molecule has 1 atom stereocenters. The van der Waals surface area contributed by atoms with Gasteiger partial charge in [-0.25, -0.2) is 14.6 Å². The Labute approximate surface area is 179 Å². The molecule has 0 amide bonds. The smallest absolute Gasteiger partial charge is 0.335 e. The monoisotopic (exact) mass is 426 g/mol. The number of aliphatic carboxylic acids is 2. The molecule has 158 valence electrons. The maximum absolute atomic E-state index is 11.8. The van der Waals surface area contributed by atoms with E-state index in [1.807, 2.05) is 23.6 Å². The second-order valence-electron chi connectivity index (χ2n) is 7.36. The van der Waals surface area contributed by atoms with Crippen LogP contribution >= 0.6 is 11.3 Å². The van der Waals surface area contributed by atoms with Crippen LogP contribution in [0.2, 0.25) is 0 Å². The minimum Gasteiger partial charge on any atom is -0.478 e. The zero-order chi connectivity index (χ0) is 21.5. The van der Waals surface area contributed by atoms with Gasteiger partial charge < -0.3 is 14.8 Å². The van der Waals surface area contributed by atoms with Crippen LogP contribution in [0.1, 0.15) is 42.6 Å². The van der Waals surface area contributed by atoms with Crippen molar-refractivity contribution >= 4 is 29.4 Å². The van der Waals surface area contributed by atoms with E-state index in [2.05, 4.69) is 16.5 Å². The molecule has 0 saturated carbocycles. The van der Waals surface area contributed by atoms with E-state index in [0.717, 1.165) is 35.7 Å². The molecule has 0 aromatic carbocycles. The van der Waals surface area contributed by atoms with Gasteiger partial charge in [-0.15, -0.1) is 11.3 Å². The molecule has 1 unspecified atom stereocenters. The van der Waals surface area contributed by atoms with Crippen molar-refractivity contribution in [3.05, 3.63) is 69.5 Å². The summed E-state index contributed by atoms with van der Waals surface area (Å²) in [6.45, 7) is 2.76. The van der Waals surface area contributed by atoms with Crippen LogP contribution in [-0.4, -0.2) is 31.7 Å². The number of carboxylic acid groups (broad SMARTS) is 2. The molecule has 0 bridgehead atoms. The normalized spacial score (nSPS) is 16.5. The first-order valence-corrected chi connectivity index (χ1v) is 11.0. The topological polar surface area (TPSA) is 92.4 Å². The lowest BCUT2D eigenvalue weighted by atomic mass is 9.96. The lowest BCUT2D eigenvalue weighted by Gasteiger charge is -2.19. The van der Waals surface area contributed by atoms with Gasteiger partial charge in [0.05, 0.1) is 17.5 Å². The lowest BCUT2D eigenvalue weighted by Crippen LogP contribution is -2.16. The zero-order valence-corrected chi connectivity index (χ0v) is 17.8. The predicted octanol–water partition coefficient (Wildman–Crippen LogP) is 4.59. The summed E-state index contributed by atoms with van der Waals surface area (Å²) in [4.78, 5) is 28.5. The second-order valence-corrected chi connectivity index (χ2v) is 8.40. The van der Waals surface area contributed by atoms with E-state index in [1.54, 1.807) is 35.8 Å². The number of carboxylic acids is 2. The van der Waals surface area contributed by atoms with E-state index < -0.39 is 11.9 Å². The number of imidazole rings is 1. The Kier molecular flexibility index (Phi) is 7.41. The third-order valence-electron chi connectivity index (χ3n) is 5.12. The van der Waals surface area contributed by atoms with Crippen LogP contribution in [0, 0.1) is 5.92 Å². The minimum absolute atomic E-state index is 0.139. The molecule has 2 heterocycles. The van der Waals surface area contributed by atoms with Crippen LogP contribution in [0.3, 0.4) is 0 Å². The highest BCUT2D eigenvalue weighted by Crippen LogP contribution is 2.23. The van der Waals surface area contributed by atoms with Crippen molar-refractivity contribution < 1.29 is 19.8 Å². The molecule has 1 aliphatic carbocycles. The molecule has 0 fully saturated rings. The number of carbonyl (C=O) groups is 2. The van der Waals surface area contributed by atoms with Crippen molar-refractivity contribution in [2.24, 2.45) is 5.92 Å². The maximum atomic E-state index is 11.8. The van der Waals surface area contributed by atoms with Crippen LogP contribution in [-0.2, 0) is 29.0 Å². The Balaban J connectivity index is 1.87. The maximum Gasteiger partial charge on any atom is 0.335 e. The summed E-state index contributed by atoms with van der Waals surface area (Å²) in [5.74, 6) is -0.775. The molecule has 3 rings (SSSR count). The summed E-state index contributed by atoms with van der Waals surface area (Å²) >= 11 is 1.54. The predicted molar refractivity (Wildman–Crippen MR) is 117 cm³/mol. The van der Waals surface area contributed by atoms with Crippen molar-refractivity contribution in [2.45, 2.75) is 45.6 Å². The Bertz CT molecular complexity index is 983.